The zero-order valence-electron chi connectivity index (χ0n) is 15.5. The van der Waals surface area contributed by atoms with Gasteiger partial charge in [-0.15, -0.1) is 0 Å². The molecule has 0 bridgehead atoms. The standard InChI is InChI=1S/C21H20B4/c22-14-5-1-12-3-7-20(24)18(16(12)9-14)11-19-17-10-15(23)6-2-13(17)4-8-21(19)25/h1-10H,11,22-25H2. The van der Waals surface area contributed by atoms with E-state index in [2.05, 4.69) is 92.0 Å². The van der Waals surface area contributed by atoms with Gasteiger partial charge in [-0.05, 0) is 39.1 Å². The van der Waals surface area contributed by atoms with E-state index in [1.165, 1.54) is 54.5 Å². The van der Waals surface area contributed by atoms with Gasteiger partial charge in [-0.2, -0.15) is 0 Å². The summed E-state index contributed by atoms with van der Waals surface area (Å²) in [6, 6.07) is 22.6. The van der Waals surface area contributed by atoms with E-state index >= 15 is 0 Å². The summed E-state index contributed by atoms with van der Waals surface area (Å²) < 4.78 is 0. The van der Waals surface area contributed by atoms with Crippen molar-refractivity contribution in [2.75, 3.05) is 0 Å². The monoisotopic (exact) mass is 316 g/mol. The van der Waals surface area contributed by atoms with Gasteiger partial charge in [-0.25, -0.2) is 0 Å². The number of hydrogen-bond acceptors (Lipinski definition) is 0. The first-order valence-corrected chi connectivity index (χ1v) is 9.00. The zero-order chi connectivity index (χ0) is 17.6. The molecule has 4 aromatic carbocycles. The van der Waals surface area contributed by atoms with Crippen molar-refractivity contribution in [3.8, 4) is 0 Å². The third-order valence-corrected chi connectivity index (χ3v) is 5.40. The number of fused-ring (bicyclic) bond motifs is 2. The number of benzene rings is 4. The summed E-state index contributed by atoms with van der Waals surface area (Å²) in [4.78, 5) is 0. The lowest BCUT2D eigenvalue weighted by atomic mass is 9.78. The molecule has 0 fully saturated rings. The first kappa shape index (κ1) is 16.1. The fourth-order valence-corrected chi connectivity index (χ4v) is 3.86. The molecule has 0 unspecified atom stereocenters. The van der Waals surface area contributed by atoms with Crippen molar-refractivity contribution >= 4 is 74.8 Å². The van der Waals surface area contributed by atoms with Gasteiger partial charge in [-0.1, -0.05) is 82.5 Å². The molecule has 0 spiro atoms. The lowest BCUT2D eigenvalue weighted by Crippen LogP contribution is -2.18. The summed E-state index contributed by atoms with van der Waals surface area (Å²) in [6.07, 6.45) is 0.985. The maximum atomic E-state index is 2.34. The molecule has 0 aliphatic carbocycles. The SMILES string of the molecule is Bc1ccc2ccc(B)c(Cc3c(B)ccc4ccc(B)cc34)c2c1. The fourth-order valence-electron chi connectivity index (χ4n) is 3.86. The Bertz CT molecular complexity index is 1020. The van der Waals surface area contributed by atoms with Gasteiger partial charge in [0.2, 0.25) is 0 Å². The first-order chi connectivity index (χ1) is 12.0. The molecule has 25 heavy (non-hydrogen) atoms. The van der Waals surface area contributed by atoms with E-state index in [4.69, 9.17) is 0 Å². The molecule has 0 aliphatic rings. The normalized spacial score (nSPS) is 11.2. The third kappa shape index (κ3) is 2.91. The molecule has 0 atom stereocenters. The molecule has 0 aromatic heterocycles. The Hall–Kier alpha value is -2.34. The van der Waals surface area contributed by atoms with Crippen LogP contribution in [0.5, 0.6) is 0 Å². The van der Waals surface area contributed by atoms with Crippen LogP contribution in [0.2, 0.25) is 0 Å². The van der Waals surface area contributed by atoms with Gasteiger partial charge in [-0.3, -0.25) is 0 Å². The number of hydrogen-bond donors (Lipinski definition) is 0. The van der Waals surface area contributed by atoms with Crippen LogP contribution in [0.25, 0.3) is 21.5 Å². The Labute approximate surface area is 153 Å². The molecular formula is C21H20B4. The lowest BCUT2D eigenvalue weighted by Gasteiger charge is -2.16. The molecule has 0 aliphatic heterocycles. The molecule has 0 saturated carbocycles. The number of rotatable bonds is 2. The van der Waals surface area contributed by atoms with Crippen molar-refractivity contribution in [3.05, 3.63) is 71.8 Å². The lowest BCUT2D eigenvalue weighted by molar-refractivity contribution is 1.27. The van der Waals surface area contributed by atoms with E-state index in [1.807, 2.05) is 0 Å². The van der Waals surface area contributed by atoms with Crippen LogP contribution in [0.3, 0.4) is 0 Å². The van der Waals surface area contributed by atoms with E-state index < -0.39 is 0 Å². The minimum atomic E-state index is 0.985. The smallest absolute Gasteiger partial charge is 0.0883 e. The Morgan fingerprint density at radius 3 is 1.36 bits per heavy atom. The van der Waals surface area contributed by atoms with Crippen LogP contribution in [-0.4, -0.2) is 31.4 Å². The molecule has 4 aromatic rings. The zero-order valence-corrected chi connectivity index (χ0v) is 15.5. The van der Waals surface area contributed by atoms with Gasteiger partial charge in [0.05, 0.1) is 0 Å². The van der Waals surface area contributed by atoms with E-state index in [9.17, 15) is 0 Å². The highest BCUT2D eigenvalue weighted by molar-refractivity contribution is 6.37. The molecule has 4 heteroatoms. The summed E-state index contributed by atoms with van der Waals surface area (Å²) in [5.74, 6) is 0. The second kappa shape index (κ2) is 6.19. The van der Waals surface area contributed by atoms with Crippen LogP contribution in [0.15, 0.2) is 60.7 Å². The van der Waals surface area contributed by atoms with Gasteiger partial charge >= 0.3 is 0 Å². The van der Waals surface area contributed by atoms with Crippen molar-refractivity contribution in [3.63, 3.8) is 0 Å². The van der Waals surface area contributed by atoms with E-state index in [1.54, 1.807) is 0 Å². The van der Waals surface area contributed by atoms with Crippen LogP contribution in [0, 0.1) is 0 Å². The average molecular weight is 316 g/mol. The summed E-state index contributed by atoms with van der Waals surface area (Å²) in [6.45, 7) is 0. The second-order valence-corrected chi connectivity index (χ2v) is 7.35. The highest BCUT2D eigenvalue weighted by Crippen LogP contribution is 2.22. The molecule has 4 rings (SSSR count). The predicted octanol–water partition coefficient (Wildman–Crippen LogP) is -1.38. The molecule has 0 N–H and O–H groups in total. The average Bonchev–Trinajstić information content (AvgIpc) is 2.59. The Balaban J connectivity index is 1.97. The minimum absolute atomic E-state index is 0.985. The van der Waals surface area contributed by atoms with Crippen LogP contribution >= 0.6 is 0 Å². The molecule has 0 nitrogen and oxygen atoms in total. The van der Waals surface area contributed by atoms with E-state index in [0.717, 1.165) is 6.42 Å². The maximum Gasteiger partial charge on any atom is 0.139 e. The van der Waals surface area contributed by atoms with Crippen molar-refractivity contribution in [2.45, 2.75) is 6.42 Å². The van der Waals surface area contributed by atoms with Crippen LogP contribution in [0.4, 0.5) is 0 Å². The van der Waals surface area contributed by atoms with E-state index in [0.29, 0.717) is 0 Å². The highest BCUT2D eigenvalue weighted by atomic mass is 14.1. The van der Waals surface area contributed by atoms with Gasteiger partial charge in [0.25, 0.3) is 0 Å². The summed E-state index contributed by atoms with van der Waals surface area (Å²) in [5, 5.41) is 5.45. The van der Waals surface area contributed by atoms with E-state index in [-0.39, 0.29) is 0 Å². The van der Waals surface area contributed by atoms with Crippen molar-refractivity contribution in [1.82, 2.24) is 0 Å². The van der Waals surface area contributed by atoms with Gasteiger partial charge < -0.3 is 0 Å². The molecule has 0 heterocycles. The van der Waals surface area contributed by atoms with Gasteiger partial charge in [0, 0.05) is 0 Å². The summed E-state index contributed by atoms with van der Waals surface area (Å²) in [5.41, 5.74) is 8.32. The maximum absolute atomic E-state index is 2.34. The molecule has 0 saturated heterocycles. The quantitative estimate of drug-likeness (QED) is 0.400. The second-order valence-electron chi connectivity index (χ2n) is 7.35. The molecule has 116 valence electrons. The Kier molecular flexibility index (Phi) is 3.99. The third-order valence-electron chi connectivity index (χ3n) is 5.40. The predicted molar refractivity (Wildman–Crippen MR) is 123 cm³/mol. The molecular weight excluding hydrogens is 295 g/mol. The van der Waals surface area contributed by atoms with Crippen LogP contribution in [0.1, 0.15) is 11.1 Å². The van der Waals surface area contributed by atoms with Crippen LogP contribution < -0.4 is 21.9 Å². The molecule has 0 amide bonds. The Morgan fingerprint density at radius 1 is 0.520 bits per heavy atom. The Morgan fingerprint density at radius 2 is 0.920 bits per heavy atom. The highest BCUT2D eigenvalue weighted by Gasteiger charge is 2.11. The summed E-state index contributed by atoms with van der Waals surface area (Å²) in [7, 11) is 8.84. The van der Waals surface area contributed by atoms with Gasteiger partial charge in [0.1, 0.15) is 31.4 Å². The molecule has 0 radical (unpaired) electrons. The fraction of sp³-hybridized carbons (Fsp3) is 0.0476. The largest absolute Gasteiger partial charge is 0.139 e. The van der Waals surface area contributed by atoms with Crippen molar-refractivity contribution in [2.24, 2.45) is 0 Å². The van der Waals surface area contributed by atoms with Crippen LogP contribution in [-0.2, 0) is 6.42 Å². The van der Waals surface area contributed by atoms with Crippen molar-refractivity contribution < 1.29 is 0 Å². The topological polar surface area (TPSA) is 0 Å². The van der Waals surface area contributed by atoms with Gasteiger partial charge in [0.15, 0.2) is 0 Å². The summed E-state index contributed by atoms with van der Waals surface area (Å²) >= 11 is 0. The first-order valence-electron chi connectivity index (χ1n) is 9.00. The van der Waals surface area contributed by atoms with Crippen molar-refractivity contribution in [1.29, 1.82) is 0 Å². The minimum Gasteiger partial charge on any atom is -0.0883 e.